The second kappa shape index (κ2) is 6.82. The molecule has 4 aromatic rings. The Morgan fingerprint density at radius 1 is 1.16 bits per heavy atom. The molecule has 0 unspecified atom stereocenters. The summed E-state index contributed by atoms with van der Waals surface area (Å²) in [5, 5.41) is 5.82. The zero-order chi connectivity index (χ0) is 17.1. The highest BCUT2D eigenvalue weighted by Crippen LogP contribution is 2.19. The smallest absolute Gasteiger partial charge is 0.250 e. The molecule has 2 aromatic carbocycles. The van der Waals surface area contributed by atoms with Crippen LogP contribution >= 0.6 is 11.8 Å². The third-order valence-corrected chi connectivity index (χ3v) is 4.60. The standard InChI is InChI=1S/C18H15N5OS/c24-17(11-25-18-21-15-7-3-4-8-16(15)22-18)23-20-10-12-9-19-14-6-2-1-5-13(12)14/h1-10,19H,11H2,(H,21,22)(H,23,24)/b20-10+. The van der Waals surface area contributed by atoms with Gasteiger partial charge < -0.3 is 9.97 Å². The van der Waals surface area contributed by atoms with E-state index in [0.717, 1.165) is 32.7 Å². The predicted molar refractivity (Wildman–Crippen MR) is 101 cm³/mol. The Balaban J connectivity index is 1.34. The molecule has 0 saturated heterocycles. The summed E-state index contributed by atoms with van der Waals surface area (Å²) in [5.41, 5.74) is 6.37. The summed E-state index contributed by atoms with van der Waals surface area (Å²) in [4.78, 5) is 22.7. The van der Waals surface area contributed by atoms with Crippen LogP contribution in [0.25, 0.3) is 21.9 Å². The highest BCUT2D eigenvalue weighted by atomic mass is 32.2. The van der Waals surface area contributed by atoms with Crippen molar-refractivity contribution in [2.45, 2.75) is 5.16 Å². The number of carbonyl (C=O) groups excluding carboxylic acids is 1. The Hall–Kier alpha value is -3.06. The maximum absolute atomic E-state index is 11.9. The monoisotopic (exact) mass is 349 g/mol. The average molecular weight is 349 g/mol. The molecule has 0 radical (unpaired) electrons. The molecule has 0 atom stereocenters. The number of hydrogen-bond acceptors (Lipinski definition) is 4. The average Bonchev–Trinajstić information content (AvgIpc) is 3.24. The van der Waals surface area contributed by atoms with Crippen molar-refractivity contribution in [1.29, 1.82) is 0 Å². The molecule has 0 aliphatic heterocycles. The topological polar surface area (TPSA) is 85.9 Å². The van der Waals surface area contributed by atoms with Gasteiger partial charge >= 0.3 is 0 Å². The summed E-state index contributed by atoms with van der Waals surface area (Å²) >= 11 is 1.35. The van der Waals surface area contributed by atoms with E-state index in [-0.39, 0.29) is 11.7 Å². The Labute approximate surface area is 147 Å². The van der Waals surface area contributed by atoms with Crippen LogP contribution in [0.5, 0.6) is 0 Å². The number of H-pyrrole nitrogens is 2. The van der Waals surface area contributed by atoms with E-state index in [2.05, 4.69) is 25.5 Å². The number of nitrogens with zero attached hydrogens (tertiary/aromatic N) is 2. The number of rotatable bonds is 5. The van der Waals surface area contributed by atoms with Crippen molar-refractivity contribution >= 4 is 45.8 Å². The van der Waals surface area contributed by atoms with Crippen LogP contribution in [0.3, 0.4) is 0 Å². The lowest BCUT2D eigenvalue weighted by molar-refractivity contribution is -0.118. The second-order valence-corrected chi connectivity index (χ2v) is 6.39. The molecular weight excluding hydrogens is 334 g/mol. The van der Waals surface area contributed by atoms with Crippen molar-refractivity contribution in [1.82, 2.24) is 20.4 Å². The van der Waals surface area contributed by atoms with Crippen molar-refractivity contribution in [3.63, 3.8) is 0 Å². The number of amides is 1. The first-order valence-corrected chi connectivity index (χ1v) is 8.74. The van der Waals surface area contributed by atoms with E-state index in [1.54, 1.807) is 6.21 Å². The fourth-order valence-electron chi connectivity index (χ4n) is 2.54. The molecular formula is C18H15N5OS. The molecule has 0 aliphatic carbocycles. The van der Waals surface area contributed by atoms with Crippen LogP contribution in [-0.4, -0.2) is 32.8 Å². The molecule has 7 heteroatoms. The van der Waals surface area contributed by atoms with Crippen LogP contribution in [0.4, 0.5) is 0 Å². The first-order valence-electron chi connectivity index (χ1n) is 7.75. The second-order valence-electron chi connectivity index (χ2n) is 5.43. The lowest BCUT2D eigenvalue weighted by atomic mass is 10.2. The third-order valence-electron chi connectivity index (χ3n) is 3.72. The molecule has 3 N–H and O–H groups in total. The predicted octanol–water partition coefficient (Wildman–Crippen LogP) is 3.29. The highest BCUT2D eigenvalue weighted by Gasteiger charge is 2.06. The van der Waals surface area contributed by atoms with Crippen molar-refractivity contribution < 1.29 is 4.79 Å². The number of para-hydroxylation sites is 3. The van der Waals surface area contributed by atoms with Crippen molar-refractivity contribution in [2.75, 3.05) is 5.75 Å². The van der Waals surface area contributed by atoms with Crippen molar-refractivity contribution in [3.8, 4) is 0 Å². The Morgan fingerprint density at radius 2 is 1.96 bits per heavy atom. The van der Waals surface area contributed by atoms with E-state index in [0.29, 0.717) is 0 Å². The molecule has 0 spiro atoms. The Kier molecular flexibility index (Phi) is 4.22. The number of hydrogen-bond donors (Lipinski definition) is 3. The number of imidazole rings is 1. The molecule has 0 aliphatic rings. The molecule has 0 bridgehead atoms. The van der Waals surface area contributed by atoms with E-state index in [9.17, 15) is 4.79 Å². The number of aromatic nitrogens is 3. The van der Waals surface area contributed by atoms with E-state index in [1.165, 1.54) is 11.8 Å². The third kappa shape index (κ3) is 3.41. The van der Waals surface area contributed by atoms with Gasteiger partial charge in [0.15, 0.2) is 5.16 Å². The van der Waals surface area contributed by atoms with Crippen LogP contribution in [0.2, 0.25) is 0 Å². The van der Waals surface area contributed by atoms with Gasteiger partial charge in [0.1, 0.15) is 0 Å². The SMILES string of the molecule is O=C(CSc1nc2ccccc2[nH]1)N/N=C/c1c[nH]c2ccccc12. The maximum atomic E-state index is 11.9. The minimum Gasteiger partial charge on any atom is -0.361 e. The quantitative estimate of drug-likeness (QED) is 0.294. The molecule has 4 rings (SSSR count). The molecule has 0 fully saturated rings. The van der Waals surface area contributed by atoms with Gasteiger partial charge in [-0.2, -0.15) is 5.10 Å². The van der Waals surface area contributed by atoms with Gasteiger partial charge in [-0.25, -0.2) is 10.4 Å². The number of hydrazone groups is 1. The first-order chi connectivity index (χ1) is 12.3. The van der Waals surface area contributed by atoms with Gasteiger partial charge in [-0.1, -0.05) is 42.1 Å². The fourth-order valence-corrected chi connectivity index (χ4v) is 3.22. The summed E-state index contributed by atoms with van der Waals surface area (Å²) < 4.78 is 0. The lowest BCUT2D eigenvalue weighted by Crippen LogP contribution is -2.19. The summed E-state index contributed by atoms with van der Waals surface area (Å²) in [6.45, 7) is 0. The van der Waals surface area contributed by atoms with Gasteiger partial charge in [0.25, 0.3) is 5.91 Å². The van der Waals surface area contributed by atoms with Crippen molar-refractivity contribution in [3.05, 3.63) is 60.3 Å². The summed E-state index contributed by atoms with van der Waals surface area (Å²) in [7, 11) is 0. The summed E-state index contributed by atoms with van der Waals surface area (Å²) in [5.74, 6) is 0.0620. The molecule has 2 aromatic heterocycles. The van der Waals surface area contributed by atoms with Crippen LogP contribution in [0, 0.1) is 0 Å². The zero-order valence-electron chi connectivity index (χ0n) is 13.2. The Morgan fingerprint density at radius 3 is 2.84 bits per heavy atom. The minimum atomic E-state index is -0.179. The maximum Gasteiger partial charge on any atom is 0.250 e. The van der Waals surface area contributed by atoms with Crippen LogP contribution in [-0.2, 0) is 4.79 Å². The number of aromatic amines is 2. The summed E-state index contributed by atoms with van der Waals surface area (Å²) in [6.07, 6.45) is 3.51. The molecule has 124 valence electrons. The number of fused-ring (bicyclic) bond motifs is 2. The number of nitrogens with one attached hydrogen (secondary N) is 3. The van der Waals surface area contributed by atoms with Gasteiger partial charge in [-0.05, 0) is 18.2 Å². The van der Waals surface area contributed by atoms with E-state index < -0.39 is 0 Å². The molecule has 2 heterocycles. The molecule has 0 saturated carbocycles. The van der Waals surface area contributed by atoms with Gasteiger partial charge in [0.05, 0.1) is 23.0 Å². The first kappa shape index (κ1) is 15.5. The van der Waals surface area contributed by atoms with Crippen molar-refractivity contribution in [2.24, 2.45) is 5.10 Å². The highest BCUT2D eigenvalue weighted by molar-refractivity contribution is 7.99. The number of benzene rings is 2. The lowest BCUT2D eigenvalue weighted by Gasteiger charge is -1.97. The van der Waals surface area contributed by atoms with E-state index in [4.69, 9.17) is 0 Å². The molecule has 25 heavy (non-hydrogen) atoms. The summed E-state index contributed by atoms with van der Waals surface area (Å²) in [6, 6.07) is 15.7. The largest absolute Gasteiger partial charge is 0.361 e. The van der Waals surface area contributed by atoms with Gasteiger partial charge in [0, 0.05) is 22.7 Å². The van der Waals surface area contributed by atoms with Crippen LogP contribution in [0.1, 0.15) is 5.56 Å². The van der Waals surface area contributed by atoms with Gasteiger partial charge in [-0.3, -0.25) is 4.79 Å². The van der Waals surface area contributed by atoms with E-state index in [1.807, 2.05) is 54.7 Å². The number of thioether (sulfide) groups is 1. The van der Waals surface area contributed by atoms with E-state index >= 15 is 0 Å². The molecule has 6 nitrogen and oxygen atoms in total. The molecule has 1 amide bonds. The fraction of sp³-hybridized carbons (Fsp3) is 0.0556. The van der Waals surface area contributed by atoms with Gasteiger partial charge in [-0.15, -0.1) is 0 Å². The Bertz CT molecular complexity index is 1030. The van der Waals surface area contributed by atoms with Gasteiger partial charge in [0.2, 0.25) is 0 Å². The number of carbonyl (C=O) groups is 1. The van der Waals surface area contributed by atoms with Crippen LogP contribution < -0.4 is 5.43 Å². The normalized spacial score (nSPS) is 11.5. The zero-order valence-corrected chi connectivity index (χ0v) is 14.0. The minimum absolute atomic E-state index is 0.179. The van der Waals surface area contributed by atoms with Crippen LogP contribution in [0.15, 0.2) is 65.0 Å².